The Morgan fingerprint density at radius 3 is 2.47 bits per heavy atom. The molecule has 0 saturated carbocycles. The molecule has 0 saturated heterocycles. The average molecular weight is 491 g/mol. The second-order valence-corrected chi connectivity index (χ2v) is 9.84. The summed E-state index contributed by atoms with van der Waals surface area (Å²) in [5.41, 5.74) is 3.18. The standard InChI is InChI=1S/C25H22N4O3S2/c30-20(15-33-25-29-28-23(32-25)16-9-3-1-4-10-16)27-24-21(18-13-7-8-14-19(18)34-24)22(31)26-17-11-5-2-6-12-17/h1-6,9-12H,7-8,13-15H2,(H,26,31)(H,27,30). The van der Waals surface area contributed by atoms with Crippen LogP contribution in [0.5, 0.6) is 0 Å². The second-order valence-electron chi connectivity index (χ2n) is 7.81. The lowest BCUT2D eigenvalue weighted by atomic mass is 9.95. The van der Waals surface area contributed by atoms with E-state index in [1.54, 1.807) is 0 Å². The summed E-state index contributed by atoms with van der Waals surface area (Å²) in [6.45, 7) is 0. The molecule has 2 aromatic heterocycles. The topological polar surface area (TPSA) is 97.1 Å². The lowest BCUT2D eigenvalue weighted by Gasteiger charge is -2.13. The van der Waals surface area contributed by atoms with Gasteiger partial charge in [0.05, 0.1) is 11.3 Å². The summed E-state index contributed by atoms with van der Waals surface area (Å²) >= 11 is 2.67. The zero-order valence-corrected chi connectivity index (χ0v) is 19.9. The maximum absolute atomic E-state index is 13.2. The van der Waals surface area contributed by atoms with Gasteiger partial charge in [0.25, 0.3) is 11.1 Å². The molecule has 4 aromatic rings. The Morgan fingerprint density at radius 2 is 1.68 bits per heavy atom. The Hall–Kier alpha value is -3.43. The first-order valence-electron chi connectivity index (χ1n) is 11.0. The van der Waals surface area contributed by atoms with Gasteiger partial charge in [-0.15, -0.1) is 21.5 Å². The number of hydrogen-bond acceptors (Lipinski definition) is 7. The van der Waals surface area contributed by atoms with Crippen molar-refractivity contribution in [3.8, 4) is 11.5 Å². The van der Waals surface area contributed by atoms with Crippen molar-refractivity contribution in [1.29, 1.82) is 0 Å². The van der Waals surface area contributed by atoms with Gasteiger partial charge in [-0.05, 0) is 55.5 Å². The summed E-state index contributed by atoms with van der Waals surface area (Å²) in [6.07, 6.45) is 3.91. The van der Waals surface area contributed by atoms with Crippen LogP contribution in [0.4, 0.5) is 10.7 Å². The molecule has 0 bridgehead atoms. The van der Waals surface area contributed by atoms with Crippen LogP contribution in [-0.4, -0.2) is 27.8 Å². The number of aryl methyl sites for hydroxylation is 1. The summed E-state index contributed by atoms with van der Waals surface area (Å²) in [4.78, 5) is 27.1. The van der Waals surface area contributed by atoms with Crippen LogP contribution in [0, 0.1) is 0 Å². The van der Waals surface area contributed by atoms with E-state index in [0.29, 0.717) is 21.7 Å². The van der Waals surface area contributed by atoms with Crippen molar-refractivity contribution in [3.05, 3.63) is 76.7 Å². The van der Waals surface area contributed by atoms with E-state index >= 15 is 0 Å². The van der Waals surface area contributed by atoms with Gasteiger partial charge in [-0.25, -0.2) is 0 Å². The smallest absolute Gasteiger partial charge is 0.277 e. The SMILES string of the molecule is O=C(CSc1nnc(-c2ccccc2)o1)Nc1sc2c(c1C(=O)Nc1ccccc1)CCCC2. The van der Waals surface area contributed by atoms with E-state index in [4.69, 9.17) is 4.42 Å². The summed E-state index contributed by atoms with van der Waals surface area (Å²) in [7, 11) is 0. The highest BCUT2D eigenvalue weighted by Gasteiger charge is 2.26. The predicted octanol–water partition coefficient (Wildman–Crippen LogP) is 5.66. The molecule has 1 aliphatic carbocycles. The number of amides is 2. The molecule has 2 heterocycles. The molecule has 0 fully saturated rings. The molecule has 5 rings (SSSR count). The first kappa shape index (κ1) is 22.4. The first-order chi connectivity index (χ1) is 16.7. The van der Waals surface area contributed by atoms with Gasteiger partial charge in [-0.1, -0.05) is 48.2 Å². The molecule has 1 aliphatic rings. The van der Waals surface area contributed by atoms with Crippen molar-refractivity contribution in [2.45, 2.75) is 30.9 Å². The van der Waals surface area contributed by atoms with E-state index in [1.165, 1.54) is 28.0 Å². The Bertz CT molecular complexity index is 1300. The average Bonchev–Trinajstić information content (AvgIpc) is 3.48. The van der Waals surface area contributed by atoms with E-state index < -0.39 is 0 Å². The quantitative estimate of drug-likeness (QED) is 0.325. The third kappa shape index (κ3) is 5.05. The Balaban J connectivity index is 1.28. The van der Waals surface area contributed by atoms with Gasteiger partial charge < -0.3 is 15.1 Å². The van der Waals surface area contributed by atoms with Gasteiger partial charge in [0.2, 0.25) is 11.8 Å². The van der Waals surface area contributed by atoms with Crippen LogP contribution in [-0.2, 0) is 17.6 Å². The van der Waals surface area contributed by atoms with Crippen molar-refractivity contribution in [3.63, 3.8) is 0 Å². The number of anilines is 2. The van der Waals surface area contributed by atoms with Crippen LogP contribution < -0.4 is 10.6 Å². The van der Waals surface area contributed by atoms with Crippen LogP contribution in [0.2, 0.25) is 0 Å². The number of hydrogen-bond donors (Lipinski definition) is 2. The highest BCUT2D eigenvalue weighted by molar-refractivity contribution is 7.99. The number of benzene rings is 2. The fourth-order valence-corrected chi connectivity index (χ4v) is 5.73. The van der Waals surface area contributed by atoms with Gasteiger partial charge in [0.1, 0.15) is 5.00 Å². The largest absolute Gasteiger partial charge is 0.411 e. The fraction of sp³-hybridized carbons (Fsp3) is 0.200. The van der Waals surface area contributed by atoms with Gasteiger partial charge in [0, 0.05) is 16.1 Å². The van der Waals surface area contributed by atoms with E-state index in [-0.39, 0.29) is 17.6 Å². The maximum Gasteiger partial charge on any atom is 0.277 e. The minimum absolute atomic E-state index is 0.0960. The van der Waals surface area contributed by atoms with Crippen LogP contribution in [0.1, 0.15) is 33.6 Å². The molecule has 0 spiro atoms. The number of carbonyl (C=O) groups excluding carboxylic acids is 2. The lowest BCUT2D eigenvalue weighted by Crippen LogP contribution is -2.19. The summed E-state index contributed by atoms with van der Waals surface area (Å²) < 4.78 is 5.66. The lowest BCUT2D eigenvalue weighted by molar-refractivity contribution is -0.113. The van der Waals surface area contributed by atoms with Crippen LogP contribution in [0.3, 0.4) is 0 Å². The van der Waals surface area contributed by atoms with Crippen molar-refractivity contribution in [1.82, 2.24) is 10.2 Å². The molecule has 9 heteroatoms. The number of nitrogens with one attached hydrogen (secondary N) is 2. The first-order valence-corrected chi connectivity index (χ1v) is 12.8. The zero-order chi connectivity index (χ0) is 23.3. The maximum atomic E-state index is 13.2. The number of nitrogens with zero attached hydrogens (tertiary/aromatic N) is 2. The molecule has 2 amide bonds. The third-order valence-corrected chi connectivity index (χ3v) is 7.46. The van der Waals surface area contributed by atoms with E-state index in [0.717, 1.165) is 42.5 Å². The number of thioether (sulfide) groups is 1. The van der Waals surface area contributed by atoms with Crippen molar-refractivity contribution in [2.75, 3.05) is 16.4 Å². The molecule has 7 nitrogen and oxygen atoms in total. The highest BCUT2D eigenvalue weighted by Crippen LogP contribution is 2.38. The number of rotatable bonds is 7. The number of carbonyl (C=O) groups is 2. The zero-order valence-electron chi connectivity index (χ0n) is 18.2. The molecular formula is C25H22N4O3S2. The van der Waals surface area contributed by atoms with Crippen molar-refractivity contribution >= 4 is 45.6 Å². The second kappa shape index (κ2) is 10.2. The van der Waals surface area contributed by atoms with Crippen LogP contribution in [0.25, 0.3) is 11.5 Å². The Labute approximate surface area is 205 Å². The summed E-state index contributed by atoms with van der Waals surface area (Å²) in [6, 6.07) is 18.8. The van der Waals surface area contributed by atoms with E-state index in [1.807, 2.05) is 60.7 Å². The molecule has 0 aliphatic heterocycles. The van der Waals surface area contributed by atoms with Crippen LogP contribution in [0.15, 0.2) is 70.3 Å². The van der Waals surface area contributed by atoms with E-state index in [9.17, 15) is 9.59 Å². The molecule has 2 N–H and O–H groups in total. The number of aromatic nitrogens is 2. The van der Waals surface area contributed by atoms with Crippen LogP contribution >= 0.6 is 23.1 Å². The summed E-state index contributed by atoms with van der Waals surface area (Å²) in [5.74, 6) is 0.0859. The minimum atomic E-state index is -0.225. The third-order valence-electron chi connectivity index (χ3n) is 5.44. The van der Waals surface area contributed by atoms with Gasteiger partial charge in [-0.2, -0.15) is 0 Å². The number of fused-ring (bicyclic) bond motifs is 1. The molecule has 34 heavy (non-hydrogen) atoms. The van der Waals surface area contributed by atoms with Gasteiger partial charge in [-0.3, -0.25) is 9.59 Å². The fourth-order valence-electron chi connectivity index (χ4n) is 3.86. The molecular weight excluding hydrogens is 468 g/mol. The van der Waals surface area contributed by atoms with E-state index in [2.05, 4.69) is 20.8 Å². The monoisotopic (exact) mass is 490 g/mol. The van der Waals surface area contributed by atoms with Crippen molar-refractivity contribution in [2.24, 2.45) is 0 Å². The summed E-state index contributed by atoms with van der Waals surface area (Å²) in [5, 5.41) is 14.9. The molecule has 0 radical (unpaired) electrons. The Morgan fingerprint density at radius 1 is 0.941 bits per heavy atom. The highest BCUT2D eigenvalue weighted by atomic mass is 32.2. The molecule has 0 atom stereocenters. The predicted molar refractivity (Wildman–Crippen MR) is 134 cm³/mol. The molecule has 172 valence electrons. The van der Waals surface area contributed by atoms with Gasteiger partial charge >= 0.3 is 0 Å². The normalized spacial score (nSPS) is 12.7. The van der Waals surface area contributed by atoms with Crippen molar-refractivity contribution < 1.29 is 14.0 Å². The molecule has 2 aromatic carbocycles. The molecule has 0 unspecified atom stereocenters. The minimum Gasteiger partial charge on any atom is -0.411 e. The number of thiophene rings is 1. The number of para-hydroxylation sites is 1. The van der Waals surface area contributed by atoms with Gasteiger partial charge in [0.15, 0.2) is 0 Å². The Kier molecular flexibility index (Phi) is 6.73.